The second-order valence-electron chi connectivity index (χ2n) is 7.23. The summed E-state index contributed by atoms with van der Waals surface area (Å²) in [5.74, 6) is 0. The topological polar surface area (TPSA) is 29.9 Å². The van der Waals surface area contributed by atoms with Crippen molar-refractivity contribution in [1.29, 1.82) is 0 Å². The smallest absolute Gasteiger partial charge is 0.0628 e. The number of nitrogens with one attached hydrogen (secondary N) is 1. The van der Waals surface area contributed by atoms with Crippen LogP contribution in [-0.2, 0) is 13.5 Å². The largest absolute Gasteiger partial charge is 0.314 e. The molecule has 1 N–H and O–H groups in total. The van der Waals surface area contributed by atoms with Crippen molar-refractivity contribution in [2.24, 2.45) is 12.5 Å². The molecule has 0 radical (unpaired) electrons. The Bertz CT molecular complexity index is 413. The molecule has 0 aliphatic carbocycles. The Labute approximate surface area is 125 Å². The van der Waals surface area contributed by atoms with E-state index >= 15 is 0 Å². The van der Waals surface area contributed by atoms with Crippen LogP contribution in [0.2, 0.25) is 0 Å². The van der Waals surface area contributed by atoms with Gasteiger partial charge in [-0.25, -0.2) is 0 Å². The maximum atomic E-state index is 4.54. The van der Waals surface area contributed by atoms with Crippen LogP contribution in [0.1, 0.15) is 63.9 Å². The van der Waals surface area contributed by atoms with Gasteiger partial charge in [-0.1, -0.05) is 27.7 Å². The van der Waals surface area contributed by atoms with E-state index in [0.717, 1.165) is 13.0 Å². The van der Waals surface area contributed by atoms with Gasteiger partial charge in [-0.2, -0.15) is 5.10 Å². The Balaban J connectivity index is 2.73. The van der Waals surface area contributed by atoms with Gasteiger partial charge in [0.25, 0.3) is 0 Å². The molecule has 1 rings (SSSR count). The first-order chi connectivity index (χ1) is 9.24. The second-order valence-corrected chi connectivity index (χ2v) is 7.23. The molecule has 3 nitrogen and oxygen atoms in total. The fourth-order valence-corrected chi connectivity index (χ4v) is 2.59. The summed E-state index contributed by atoms with van der Waals surface area (Å²) in [6, 6.07) is 0.566. The number of rotatable bonds is 7. The molecule has 1 aromatic rings. The number of nitrogens with zero attached hydrogens (tertiary/aromatic N) is 2. The minimum Gasteiger partial charge on any atom is -0.314 e. The molecule has 116 valence electrons. The normalized spacial score (nSPS) is 13.8. The molecule has 0 aromatic carbocycles. The SMILES string of the molecule is CCCNC(CCC(C)(C)C)Cc1c(C)nn(C)c1C. The lowest BCUT2D eigenvalue weighted by atomic mass is 9.87. The van der Waals surface area contributed by atoms with Gasteiger partial charge in [-0.05, 0) is 57.1 Å². The van der Waals surface area contributed by atoms with Gasteiger partial charge in [0.1, 0.15) is 0 Å². The molecule has 0 aliphatic rings. The molecular formula is C17H33N3. The van der Waals surface area contributed by atoms with Crippen molar-refractivity contribution >= 4 is 0 Å². The molecule has 3 heteroatoms. The van der Waals surface area contributed by atoms with Gasteiger partial charge in [0.05, 0.1) is 5.69 Å². The van der Waals surface area contributed by atoms with E-state index in [-0.39, 0.29) is 0 Å². The number of hydrogen-bond acceptors (Lipinski definition) is 2. The fraction of sp³-hybridized carbons (Fsp3) is 0.824. The average Bonchev–Trinajstić information content (AvgIpc) is 2.57. The standard InChI is InChI=1S/C17H33N3/c1-8-11-18-15(9-10-17(4,5)6)12-16-13(2)19-20(7)14(16)3/h15,18H,8-12H2,1-7H3. The third-order valence-corrected chi connectivity index (χ3v) is 4.04. The summed E-state index contributed by atoms with van der Waals surface area (Å²) in [6.45, 7) is 14.6. The first-order valence-corrected chi connectivity index (χ1v) is 7.97. The van der Waals surface area contributed by atoms with E-state index in [1.807, 2.05) is 11.7 Å². The van der Waals surface area contributed by atoms with Crippen molar-refractivity contribution in [1.82, 2.24) is 15.1 Å². The minimum atomic E-state index is 0.408. The molecule has 0 bridgehead atoms. The molecule has 1 heterocycles. The Morgan fingerprint density at radius 3 is 2.35 bits per heavy atom. The van der Waals surface area contributed by atoms with Gasteiger partial charge in [-0.15, -0.1) is 0 Å². The van der Waals surface area contributed by atoms with Gasteiger partial charge in [-0.3, -0.25) is 4.68 Å². The summed E-state index contributed by atoms with van der Waals surface area (Å²) >= 11 is 0. The lowest BCUT2D eigenvalue weighted by Gasteiger charge is -2.24. The van der Waals surface area contributed by atoms with Gasteiger partial charge < -0.3 is 5.32 Å². The Hall–Kier alpha value is -0.830. The zero-order chi connectivity index (χ0) is 15.3. The van der Waals surface area contributed by atoms with Crippen molar-refractivity contribution in [3.05, 3.63) is 17.0 Å². The summed E-state index contributed by atoms with van der Waals surface area (Å²) in [5.41, 5.74) is 4.33. The van der Waals surface area contributed by atoms with Crippen LogP contribution in [-0.4, -0.2) is 22.4 Å². The van der Waals surface area contributed by atoms with Crippen molar-refractivity contribution < 1.29 is 0 Å². The third kappa shape index (κ3) is 5.28. The molecule has 0 saturated carbocycles. The van der Waals surface area contributed by atoms with E-state index in [9.17, 15) is 0 Å². The van der Waals surface area contributed by atoms with Crippen LogP contribution >= 0.6 is 0 Å². The quantitative estimate of drug-likeness (QED) is 0.823. The molecule has 1 unspecified atom stereocenters. The molecule has 0 amide bonds. The highest BCUT2D eigenvalue weighted by atomic mass is 15.3. The molecule has 0 spiro atoms. The predicted molar refractivity (Wildman–Crippen MR) is 87.2 cm³/mol. The summed E-state index contributed by atoms with van der Waals surface area (Å²) < 4.78 is 2.01. The summed E-state index contributed by atoms with van der Waals surface area (Å²) in [5, 5.41) is 8.26. The molecular weight excluding hydrogens is 246 g/mol. The molecule has 1 aromatic heterocycles. The van der Waals surface area contributed by atoms with Crippen molar-refractivity contribution in [3.63, 3.8) is 0 Å². The summed E-state index contributed by atoms with van der Waals surface area (Å²) in [4.78, 5) is 0. The lowest BCUT2D eigenvalue weighted by molar-refractivity contribution is 0.328. The summed E-state index contributed by atoms with van der Waals surface area (Å²) in [6.07, 6.45) is 4.78. The van der Waals surface area contributed by atoms with Crippen molar-refractivity contribution in [2.75, 3.05) is 6.54 Å². The van der Waals surface area contributed by atoms with Crippen LogP contribution < -0.4 is 5.32 Å². The van der Waals surface area contributed by atoms with Crippen LogP contribution in [0.25, 0.3) is 0 Å². The first-order valence-electron chi connectivity index (χ1n) is 7.97. The van der Waals surface area contributed by atoms with Crippen LogP contribution in [0.3, 0.4) is 0 Å². The van der Waals surface area contributed by atoms with Crippen LogP contribution in [0.4, 0.5) is 0 Å². The monoisotopic (exact) mass is 279 g/mol. The van der Waals surface area contributed by atoms with E-state index in [4.69, 9.17) is 0 Å². The predicted octanol–water partition coefficient (Wildman–Crippen LogP) is 3.77. The highest BCUT2D eigenvalue weighted by Crippen LogP contribution is 2.23. The Morgan fingerprint density at radius 2 is 1.90 bits per heavy atom. The Morgan fingerprint density at radius 1 is 1.25 bits per heavy atom. The number of aromatic nitrogens is 2. The molecule has 0 saturated heterocycles. The second kappa shape index (κ2) is 7.26. The zero-order valence-corrected chi connectivity index (χ0v) is 14.5. The number of aryl methyl sites for hydroxylation is 2. The van der Waals surface area contributed by atoms with Crippen LogP contribution in [0.5, 0.6) is 0 Å². The maximum absolute atomic E-state index is 4.54. The van der Waals surface area contributed by atoms with Gasteiger partial charge in [0, 0.05) is 18.8 Å². The van der Waals surface area contributed by atoms with E-state index in [0.29, 0.717) is 11.5 Å². The third-order valence-electron chi connectivity index (χ3n) is 4.04. The van der Waals surface area contributed by atoms with Gasteiger partial charge in [0.15, 0.2) is 0 Å². The molecule has 20 heavy (non-hydrogen) atoms. The van der Waals surface area contributed by atoms with Gasteiger partial charge >= 0.3 is 0 Å². The van der Waals surface area contributed by atoms with Crippen molar-refractivity contribution in [2.45, 2.75) is 73.3 Å². The Kier molecular flexibility index (Phi) is 6.25. The minimum absolute atomic E-state index is 0.408. The zero-order valence-electron chi connectivity index (χ0n) is 14.5. The molecule has 0 aliphatic heterocycles. The summed E-state index contributed by atoms with van der Waals surface area (Å²) in [7, 11) is 2.04. The van der Waals surface area contributed by atoms with E-state index in [1.54, 1.807) is 0 Å². The highest BCUT2D eigenvalue weighted by Gasteiger charge is 2.18. The molecule has 0 fully saturated rings. The van der Waals surface area contributed by atoms with E-state index < -0.39 is 0 Å². The highest BCUT2D eigenvalue weighted by molar-refractivity contribution is 5.25. The maximum Gasteiger partial charge on any atom is 0.0628 e. The van der Waals surface area contributed by atoms with E-state index in [2.05, 4.69) is 52.0 Å². The van der Waals surface area contributed by atoms with E-state index in [1.165, 1.54) is 36.2 Å². The number of hydrogen-bond donors (Lipinski definition) is 1. The molecule has 1 atom stereocenters. The van der Waals surface area contributed by atoms with Crippen LogP contribution in [0.15, 0.2) is 0 Å². The first kappa shape index (κ1) is 17.2. The van der Waals surface area contributed by atoms with Gasteiger partial charge in [0.2, 0.25) is 0 Å². The lowest BCUT2D eigenvalue weighted by Crippen LogP contribution is -2.33. The fourth-order valence-electron chi connectivity index (χ4n) is 2.59. The average molecular weight is 279 g/mol. The van der Waals surface area contributed by atoms with Crippen molar-refractivity contribution in [3.8, 4) is 0 Å². The van der Waals surface area contributed by atoms with Crippen LogP contribution in [0, 0.1) is 19.3 Å².